The van der Waals surface area contributed by atoms with E-state index >= 15 is 0 Å². The molecule has 3 aromatic rings. The van der Waals surface area contributed by atoms with Crippen molar-refractivity contribution in [3.8, 4) is 11.4 Å². The molecule has 0 bridgehead atoms. The van der Waals surface area contributed by atoms with E-state index < -0.39 is 5.97 Å². The minimum Gasteiger partial charge on any atom is -0.478 e. The molecule has 1 heterocycles. The molecule has 0 atom stereocenters. The van der Waals surface area contributed by atoms with E-state index in [0.29, 0.717) is 11.7 Å². The Labute approximate surface area is 160 Å². The molecule has 3 rings (SSSR count). The molecule has 0 fully saturated rings. The molecule has 138 valence electrons. The second-order valence-corrected chi connectivity index (χ2v) is 6.55. The quantitative estimate of drug-likeness (QED) is 0.608. The zero-order valence-electron chi connectivity index (χ0n) is 14.6. The molecule has 0 spiro atoms. The molecular weight excluding hydrogens is 364 g/mol. The van der Waals surface area contributed by atoms with Crippen molar-refractivity contribution in [2.45, 2.75) is 18.6 Å². The van der Waals surface area contributed by atoms with Crippen molar-refractivity contribution < 1.29 is 14.7 Å². The maximum Gasteiger partial charge on any atom is 0.337 e. The number of aromatic nitrogens is 3. The van der Waals surface area contributed by atoms with Crippen LogP contribution in [0.2, 0.25) is 0 Å². The van der Waals surface area contributed by atoms with Crippen LogP contribution >= 0.6 is 11.8 Å². The van der Waals surface area contributed by atoms with Crippen molar-refractivity contribution in [3.63, 3.8) is 0 Å². The number of anilines is 1. The molecule has 1 amide bonds. The summed E-state index contributed by atoms with van der Waals surface area (Å²) in [5.41, 5.74) is 1.29. The zero-order valence-corrected chi connectivity index (χ0v) is 15.4. The molecule has 0 unspecified atom stereocenters. The van der Waals surface area contributed by atoms with Crippen LogP contribution < -0.4 is 5.32 Å². The average Bonchev–Trinajstić information content (AvgIpc) is 3.10. The molecule has 2 N–H and O–H groups in total. The van der Waals surface area contributed by atoms with Gasteiger partial charge in [-0.2, -0.15) is 0 Å². The Kier molecular flexibility index (Phi) is 5.87. The SMILES string of the molecule is CCn1c(SCC(=O)Nc2ccccc2C(=O)O)nnc1-c1ccccc1. The molecule has 2 aromatic carbocycles. The summed E-state index contributed by atoms with van der Waals surface area (Å²) in [6.07, 6.45) is 0. The summed E-state index contributed by atoms with van der Waals surface area (Å²) in [5, 5.41) is 20.9. The molecular formula is C19H18N4O3S. The Bertz CT molecular complexity index is 957. The maximum absolute atomic E-state index is 12.3. The third-order valence-corrected chi connectivity index (χ3v) is 4.80. The first-order chi connectivity index (χ1) is 13.1. The molecule has 27 heavy (non-hydrogen) atoms. The summed E-state index contributed by atoms with van der Waals surface area (Å²) in [7, 11) is 0. The van der Waals surface area contributed by atoms with Crippen LogP contribution in [0.25, 0.3) is 11.4 Å². The van der Waals surface area contributed by atoms with Gasteiger partial charge in [0.2, 0.25) is 5.91 Å². The number of benzene rings is 2. The number of rotatable bonds is 7. The first kappa shape index (κ1) is 18.7. The fourth-order valence-electron chi connectivity index (χ4n) is 2.58. The molecule has 8 heteroatoms. The first-order valence-electron chi connectivity index (χ1n) is 8.33. The predicted molar refractivity (Wildman–Crippen MR) is 104 cm³/mol. The van der Waals surface area contributed by atoms with Crippen molar-refractivity contribution in [1.82, 2.24) is 14.8 Å². The van der Waals surface area contributed by atoms with Crippen molar-refractivity contribution >= 4 is 29.3 Å². The second-order valence-electron chi connectivity index (χ2n) is 5.60. The Morgan fingerprint density at radius 2 is 1.78 bits per heavy atom. The fourth-order valence-corrected chi connectivity index (χ4v) is 3.38. The monoisotopic (exact) mass is 382 g/mol. The van der Waals surface area contributed by atoms with Crippen LogP contribution in [-0.2, 0) is 11.3 Å². The second kappa shape index (κ2) is 8.50. The number of para-hydroxylation sites is 1. The van der Waals surface area contributed by atoms with E-state index in [1.807, 2.05) is 41.8 Å². The van der Waals surface area contributed by atoms with Gasteiger partial charge in [0, 0.05) is 12.1 Å². The third kappa shape index (κ3) is 4.35. The van der Waals surface area contributed by atoms with Crippen LogP contribution in [0.5, 0.6) is 0 Å². The fraction of sp³-hybridized carbons (Fsp3) is 0.158. The van der Waals surface area contributed by atoms with Gasteiger partial charge in [-0.3, -0.25) is 4.79 Å². The Hall–Kier alpha value is -3.13. The van der Waals surface area contributed by atoms with Crippen molar-refractivity contribution in [3.05, 3.63) is 60.2 Å². The number of amides is 1. The van der Waals surface area contributed by atoms with Gasteiger partial charge in [-0.1, -0.05) is 54.2 Å². The van der Waals surface area contributed by atoms with E-state index in [4.69, 9.17) is 0 Å². The summed E-state index contributed by atoms with van der Waals surface area (Å²) in [6, 6.07) is 16.0. The van der Waals surface area contributed by atoms with Gasteiger partial charge in [0.05, 0.1) is 17.0 Å². The summed E-state index contributed by atoms with van der Waals surface area (Å²) in [5.74, 6) is -0.546. The predicted octanol–water partition coefficient (Wildman–Crippen LogP) is 3.39. The summed E-state index contributed by atoms with van der Waals surface area (Å²) < 4.78 is 1.94. The lowest BCUT2D eigenvalue weighted by Crippen LogP contribution is -2.17. The van der Waals surface area contributed by atoms with Crippen molar-refractivity contribution in [1.29, 1.82) is 0 Å². The highest BCUT2D eigenvalue weighted by Crippen LogP contribution is 2.24. The number of thioether (sulfide) groups is 1. The lowest BCUT2D eigenvalue weighted by molar-refractivity contribution is -0.113. The number of carbonyl (C=O) groups is 2. The number of hydrogen-bond donors (Lipinski definition) is 2. The van der Waals surface area contributed by atoms with E-state index in [9.17, 15) is 14.7 Å². The van der Waals surface area contributed by atoms with Crippen LogP contribution in [-0.4, -0.2) is 37.5 Å². The highest BCUT2D eigenvalue weighted by atomic mass is 32.2. The van der Waals surface area contributed by atoms with Crippen LogP contribution in [0.1, 0.15) is 17.3 Å². The van der Waals surface area contributed by atoms with E-state index in [1.54, 1.807) is 18.2 Å². The van der Waals surface area contributed by atoms with Crippen molar-refractivity contribution in [2.24, 2.45) is 0 Å². The summed E-state index contributed by atoms with van der Waals surface area (Å²) in [4.78, 5) is 23.5. The number of nitrogens with zero attached hydrogens (tertiary/aromatic N) is 3. The van der Waals surface area contributed by atoms with Crippen LogP contribution in [0.15, 0.2) is 59.8 Å². The molecule has 1 aromatic heterocycles. The Balaban J connectivity index is 1.70. The lowest BCUT2D eigenvalue weighted by atomic mass is 10.2. The molecule has 7 nitrogen and oxygen atoms in total. The third-order valence-electron chi connectivity index (χ3n) is 3.83. The number of carboxylic acid groups (broad SMARTS) is 1. The summed E-state index contributed by atoms with van der Waals surface area (Å²) >= 11 is 1.26. The van der Waals surface area contributed by atoms with Crippen LogP contribution in [0.3, 0.4) is 0 Å². The highest BCUT2D eigenvalue weighted by Gasteiger charge is 2.16. The first-order valence-corrected chi connectivity index (χ1v) is 9.32. The topological polar surface area (TPSA) is 97.1 Å². The lowest BCUT2D eigenvalue weighted by Gasteiger charge is -2.09. The van der Waals surface area contributed by atoms with Gasteiger partial charge >= 0.3 is 5.97 Å². The standard InChI is InChI=1S/C19H18N4O3S/c1-2-23-17(13-8-4-3-5-9-13)21-22-19(23)27-12-16(24)20-15-11-7-6-10-14(15)18(25)26/h3-11H,2,12H2,1H3,(H,20,24)(H,25,26). The van der Waals surface area contributed by atoms with Crippen molar-refractivity contribution in [2.75, 3.05) is 11.1 Å². The van der Waals surface area contributed by atoms with Crippen LogP contribution in [0, 0.1) is 0 Å². The van der Waals surface area contributed by atoms with Gasteiger partial charge in [-0.05, 0) is 19.1 Å². The van der Waals surface area contributed by atoms with E-state index in [-0.39, 0.29) is 22.9 Å². The molecule has 0 aliphatic carbocycles. The Morgan fingerprint density at radius 1 is 1.07 bits per heavy atom. The van der Waals surface area contributed by atoms with E-state index in [0.717, 1.165) is 11.4 Å². The minimum absolute atomic E-state index is 0.0546. The number of carbonyl (C=O) groups excluding carboxylic acids is 1. The minimum atomic E-state index is -1.09. The number of carboxylic acids is 1. The van der Waals surface area contributed by atoms with E-state index in [1.165, 1.54) is 17.8 Å². The molecule has 0 saturated carbocycles. The van der Waals surface area contributed by atoms with Gasteiger partial charge in [0.15, 0.2) is 11.0 Å². The van der Waals surface area contributed by atoms with Gasteiger partial charge in [-0.25, -0.2) is 4.79 Å². The van der Waals surface area contributed by atoms with Gasteiger partial charge < -0.3 is 15.0 Å². The Morgan fingerprint density at radius 3 is 2.48 bits per heavy atom. The van der Waals surface area contributed by atoms with Crippen LogP contribution in [0.4, 0.5) is 5.69 Å². The molecule has 0 radical (unpaired) electrons. The van der Waals surface area contributed by atoms with E-state index in [2.05, 4.69) is 15.5 Å². The van der Waals surface area contributed by atoms with Gasteiger partial charge in [0.1, 0.15) is 0 Å². The highest BCUT2D eigenvalue weighted by molar-refractivity contribution is 7.99. The van der Waals surface area contributed by atoms with Gasteiger partial charge in [0.25, 0.3) is 0 Å². The number of nitrogens with one attached hydrogen (secondary N) is 1. The summed E-state index contributed by atoms with van der Waals surface area (Å²) in [6.45, 7) is 2.66. The molecule has 0 saturated heterocycles. The molecule has 0 aliphatic rings. The van der Waals surface area contributed by atoms with Gasteiger partial charge in [-0.15, -0.1) is 10.2 Å². The largest absolute Gasteiger partial charge is 0.478 e. The number of aromatic carboxylic acids is 1. The number of hydrogen-bond acceptors (Lipinski definition) is 5. The smallest absolute Gasteiger partial charge is 0.337 e. The normalized spacial score (nSPS) is 10.6. The maximum atomic E-state index is 12.3. The molecule has 0 aliphatic heterocycles. The zero-order chi connectivity index (χ0) is 19.2. The average molecular weight is 382 g/mol.